The van der Waals surface area contributed by atoms with E-state index >= 15 is 0 Å². The molecule has 0 fully saturated rings. The summed E-state index contributed by atoms with van der Waals surface area (Å²) in [7, 11) is 1.62. The van der Waals surface area contributed by atoms with Crippen LogP contribution in [0.25, 0.3) is 22.4 Å². The number of hydrogen-bond donors (Lipinski definition) is 1. The van der Waals surface area contributed by atoms with Crippen LogP contribution >= 0.6 is 27.3 Å². The highest BCUT2D eigenvalue weighted by Gasteiger charge is 2.09. The second-order valence-corrected chi connectivity index (χ2v) is 8.36. The molecule has 4 rings (SSSR count). The molecule has 0 saturated carbocycles. The van der Waals surface area contributed by atoms with E-state index < -0.39 is 4.92 Å². The van der Waals surface area contributed by atoms with Crippen molar-refractivity contribution >= 4 is 44.3 Å². The first kappa shape index (κ1) is 21.7. The highest BCUT2D eigenvalue weighted by atomic mass is 79.9. The lowest BCUT2D eigenvalue weighted by Crippen LogP contribution is -1.95. The van der Waals surface area contributed by atoms with Crippen LogP contribution in [0.1, 0.15) is 5.56 Å². The molecule has 0 amide bonds. The van der Waals surface area contributed by atoms with E-state index in [-0.39, 0.29) is 5.69 Å². The number of ether oxygens (including phenoxy) is 1. The second kappa shape index (κ2) is 9.71. The maximum Gasteiger partial charge on any atom is 0.269 e. The smallest absolute Gasteiger partial charge is 0.269 e. The molecule has 9 heteroatoms. The first-order chi connectivity index (χ1) is 15.5. The Morgan fingerprint density at radius 2 is 1.88 bits per heavy atom. The van der Waals surface area contributed by atoms with Crippen molar-refractivity contribution in [1.29, 1.82) is 0 Å². The molecular weight excluding hydrogens is 492 g/mol. The van der Waals surface area contributed by atoms with E-state index in [0.29, 0.717) is 10.9 Å². The van der Waals surface area contributed by atoms with E-state index in [1.165, 1.54) is 23.5 Å². The zero-order valence-corrected chi connectivity index (χ0v) is 19.3. The van der Waals surface area contributed by atoms with Crippen LogP contribution in [-0.4, -0.2) is 23.2 Å². The maximum absolute atomic E-state index is 10.8. The van der Waals surface area contributed by atoms with E-state index in [1.54, 1.807) is 25.5 Å². The number of hydrogen-bond acceptors (Lipinski definition) is 7. The van der Waals surface area contributed by atoms with E-state index in [1.807, 2.05) is 47.8 Å². The highest BCUT2D eigenvalue weighted by Crippen LogP contribution is 2.31. The van der Waals surface area contributed by atoms with E-state index in [0.717, 1.165) is 32.4 Å². The SMILES string of the molecule is COc1ccc(-c2ccccc2Br)cc1/C=N/Nc1nc(-c2ccc([N+](=O)[O-])cc2)cs1. The molecule has 0 saturated heterocycles. The summed E-state index contributed by atoms with van der Waals surface area (Å²) in [5.41, 5.74) is 7.43. The number of nitrogens with one attached hydrogen (secondary N) is 1. The summed E-state index contributed by atoms with van der Waals surface area (Å²) in [6.07, 6.45) is 1.69. The predicted octanol–water partition coefficient (Wildman–Crippen LogP) is 6.60. The first-order valence-corrected chi connectivity index (χ1v) is 11.1. The standard InChI is InChI=1S/C23H17BrN4O3S/c1-31-22-11-8-16(19-4-2-3-5-20(19)24)12-17(22)13-25-27-23-26-21(14-32-23)15-6-9-18(10-7-15)28(29)30/h2-14H,1H3,(H,26,27)/b25-13+. The Hall–Kier alpha value is -3.56. The molecule has 0 unspecified atom stereocenters. The van der Waals surface area contributed by atoms with Crippen LogP contribution in [-0.2, 0) is 0 Å². The lowest BCUT2D eigenvalue weighted by Gasteiger charge is -2.09. The number of methoxy groups -OCH3 is 1. The molecule has 3 aromatic carbocycles. The number of benzene rings is 3. The molecular formula is C23H17BrN4O3S. The predicted molar refractivity (Wildman–Crippen MR) is 132 cm³/mol. The molecule has 0 atom stereocenters. The van der Waals surface area contributed by atoms with Gasteiger partial charge in [0.15, 0.2) is 0 Å². The van der Waals surface area contributed by atoms with E-state index in [4.69, 9.17) is 4.74 Å². The maximum atomic E-state index is 10.8. The molecule has 0 radical (unpaired) electrons. The van der Waals surface area contributed by atoms with Gasteiger partial charge >= 0.3 is 0 Å². The molecule has 0 spiro atoms. The van der Waals surface area contributed by atoms with Crippen molar-refractivity contribution in [2.75, 3.05) is 12.5 Å². The van der Waals surface area contributed by atoms with Crippen LogP contribution in [0, 0.1) is 10.1 Å². The number of aromatic nitrogens is 1. The van der Waals surface area contributed by atoms with Gasteiger partial charge in [-0.2, -0.15) is 5.10 Å². The minimum atomic E-state index is -0.424. The van der Waals surface area contributed by atoms with Crippen molar-refractivity contribution in [1.82, 2.24) is 4.98 Å². The minimum absolute atomic E-state index is 0.0469. The summed E-state index contributed by atoms with van der Waals surface area (Å²) < 4.78 is 6.47. The number of non-ortho nitro benzene ring substituents is 1. The average molecular weight is 509 g/mol. The van der Waals surface area contributed by atoms with Crippen molar-refractivity contribution in [3.8, 4) is 28.1 Å². The number of anilines is 1. The quantitative estimate of drug-likeness (QED) is 0.172. The summed E-state index contributed by atoms with van der Waals surface area (Å²) in [4.78, 5) is 14.9. The molecule has 1 N–H and O–H groups in total. The Kier molecular flexibility index (Phi) is 6.58. The molecule has 32 heavy (non-hydrogen) atoms. The summed E-state index contributed by atoms with van der Waals surface area (Å²) in [5, 5.41) is 17.6. The first-order valence-electron chi connectivity index (χ1n) is 9.47. The summed E-state index contributed by atoms with van der Waals surface area (Å²) >= 11 is 4.99. The van der Waals surface area contributed by atoms with E-state index in [2.05, 4.69) is 31.4 Å². The Bertz CT molecular complexity index is 1290. The van der Waals surface area contributed by atoms with Crippen LogP contribution in [0.5, 0.6) is 5.75 Å². The molecule has 7 nitrogen and oxygen atoms in total. The normalized spacial score (nSPS) is 10.9. The molecule has 0 aliphatic carbocycles. The van der Waals surface area contributed by atoms with Gasteiger partial charge in [0, 0.05) is 33.1 Å². The van der Waals surface area contributed by atoms with Crippen molar-refractivity contribution < 1.29 is 9.66 Å². The molecule has 1 heterocycles. The van der Waals surface area contributed by atoms with Crippen molar-refractivity contribution in [2.45, 2.75) is 0 Å². The molecule has 0 aliphatic rings. The lowest BCUT2D eigenvalue weighted by atomic mass is 10.0. The number of thiazole rings is 1. The third-order valence-electron chi connectivity index (χ3n) is 4.66. The Balaban J connectivity index is 1.51. The van der Waals surface area contributed by atoms with Gasteiger partial charge < -0.3 is 4.74 Å². The largest absolute Gasteiger partial charge is 0.496 e. The zero-order chi connectivity index (χ0) is 22.5. The average Bonchev–Trinajstić information content (AvgIpc) is 3.28. The van der Waals surface area contributed by atoms with Crippen LogP contribution in [0.2, 0.25) is 0 Å². The Morgan fingerprint density at radius 1 is 1.12 bits per heavy atom. The molecule has 1 aromatic heterocycles. The van der Waals surface area contributed by atoms with Gasteiger partial charge in [0.25, 0.3) is 5.69 Å². The Labute approximate surface area is 196 Å². The Morgan fingerprint density at radius 3 is 2.59 bits per heavy atom. The van der Waals surface area contributed by atoms with Gasteiger partial charge in [-0.15, -0.1) is 11.3 Å². The number of nitrogens with zero attached hydrogens (tertiary/aromatic N) is 3. The number of hydrazone groups is 1. The lowest BCUT2D eigenvalue weighted by molar-refractivity contribution is -0.384. The summed E-state index contributed by atoms with van der Waals surface area (Å²) in [6, 6.07) is 20.2. The molecule has 160 valence electrons. The monoisotopic (exact) mass is 508 g/mol. The number of rotatable bonds is 7. The fourth-order valence-electron chi connectivity index (χ4n) is 3.07. The van der Waals surface area contributed by atoms with Crippen molar-refractivity contribution in [2.24, 2.45) is 5.10 Å². The fourth-order valence-corrected chi connectivity index (χ4v) is 4.25. The van der Waals surface area contributed by atoms with Gasteiger partial charge in [0.1, 0.15) is 5.75 Å². The van der Waals surface area contributed by atoms with Crippen LogP contribution in [0.15, 0.2) is 81.7 Å². The minimum Gasteiger partial charge on any atom is -0.496 e. The van der Waals surface area contributed by atoms with Gasteiger partial charge in [-0.1, -0.05) is 40.2 Å². The van der Waals surface area contributed by atoms with Gasteiger partial charge in [-0.05, 0) is 41.5 Å². The van der Waals surface area contributed by atoms with Crippen molar-refractivity contribution in [3.05, 3.63) is 92.3 Å². The third-order valence-corrected chi connectivity index (χ3v) is 6.09. The summed E-state index contributed by atoms with van der Waals surface area (Å²) in [5.74, 6) is 0.706. The molecule has 4 aromatic rings. The van der Waals surface area contributed by atoms with Gasteiger partial charge in [-0.25, -0.2) is 4.98 Å². The number of nitro groups is 1. The molecule has 0 bridgehead atoms. The van der Waals surface area contributed by atoms with Crippen LogP contribution < -0.4 is 10.2 Å². The zero-order valence-electron chi connectivity index (χ0n) is 16.9. The second-order valence-electron chi connectivity index (χ2n) is 6.65. The van der Waals surface area contributed by atoms with E-state index in [9.17, 15) is 10.1 Å². The highest BCUT2D eigenvalue weighted by molar-refractivity contribution is 9.10. The topological polar surface area (TPSA) is 89.7 Å². The van der Waals surface area contributed by atoms with Crippen molar-refractivity contribution in [3.63, 3.8) is 0 Å². The van der Waals surface area contributed by atoms with Crippen LogP contribution in [0.4, 0.5) is 10.8 Å². The van der Waals surface area contributed by atoms with Gasteiger partial charge in [0.05, 0.1) is 23.9 Å². The van der Waals surface area contributed by atoms with Gasteiger partial charge in [-0.3, -0.25) is 15.5 Å². The third kappa shape index (κ3) is 4.84. The fraction of sp³-hybridized carbons (Fsp3) is 0.0435. The number of halogens is 1. The van der Waals surface area contributed by atoms with Gasteiger partial charge in [0.2, 0.25) is 5.13 Å². The molecule has 0 aliphatic heterocycles. The van der Waals surface area contributed by atoms with Crippen LogP contribution in [0.3, 0.4) is 0 Å². The summed E-state index contributed by atoms with van der Waals surface area (Å²) in [6.45, 7) is 0. The number of nitro benzene ring substituents is 1.